The number of carbonyl (C=O) groups excluding carboxylic acids is 1. The van der Waals surface area contributed by atoms with E-state index in [1.807, 2.05) is 6.07 Å². The second-order valence-electron chi connectivity index (χ2n) is 8.10. The minimum absolute atomic E-state index is 0.172. The predicted molar refractivity (Wildman–Crippen MR) is 103 cm³/mol. The lowest BCUT2D eigenvalue weighted by Crippen LogP contribution is -2.25. The summed E-state index contributed by atoms with van der Waals surface area (Å²) in [6.45, 7) is 2.46. The first-order valence-electron chi connectivity index (χ1n) is 10.5. The van der Waals surface area contributed by atoms with E-state index < -0.39 is 0 Å². The van der Waals surface area contributed by atoms with Crippen molar-refractivity contribution in [3.63, 3.8) is 0 Å². The maximum absolute atomic E-state index is 10.6. The number of unbranched alkanes of at least 4 members (excludes halogenated alkanes) is 5. The number of fused-ring (bicyclic) bond motifs is 2. The summed E-state index contributed by atoms with van der Waals surface area (Å²) in [7, 11) is 0. The SMILES string of the molecule is CCCCCCCCC1CC[C@@H]2Cc3c(cccc3OCC=O)CC12. The largest absolute Gasteiger partial charge is 0.486 e. The summed E-state index contributed by atoms with van der Waals surface area (Å²) in [4.78, 5) is 10.6. The van der Waals surface area contributed by atoms with E-state index in [9.17, 15) is 4.79 Å². The summed E-state index contributed by atoms with van der Waals surface area (Å²) in [5.41, 5.74) is 2.85. The molecule has 1 aromatic carbocycles. The van der Waals surface area contributed by atoms with Crippen LogP contribution in [0.15, 0.2) is 18.2 Å². The molecule has 2 aliphatic carbocycles. The van der Waals surface area contributed by atoms with Crippen LogP contribution in [0.4, 0.5) is 0 Å². The molecule has 0 aromatic heterocycles. The van der Waals surface area contributed by atoms with E-state index in [4.69, 9.17) is 4.74 Å². The van der Waals surface area contributed by atoms with Crippen molar-refractivity contribution >= 4 is 6.29 Å². The van der Waals surface area contributed by atoms with Crippen molar-refractivity contribution in [2.45, 2.75) is 77.6 Å². The average Bonchev–Trinajstić information content (AvgIpc) is 3.03. The van der Waals surface area contributed by atoms with Gasteiger partial charge in [-0.25, -0.2) is 0 Å². The van der Waals surface area contributed by atoms with E-state index in [0.29, 0.717) is 0 Å². The Morgan fingerprint density at radius 2 is 1.92 bits per heavy atom. The Morgan fingerprint density at radius 3 is 2.76 bits per heavy atom. The van der Waals surface area contributed by atoms with Crippen molar-refractivity contribution < 1.29 is 9.53 Å². The van der Waals surface area contributed by atoms with Gasteiger partial charge < -0.3 is 4.74 Å². The molecule has 3 atom stereocenters. The van der Waals surface area contributed by atoms with Crippen LogP contribution in [0.25, 0.3) is 0 Å². The van der Waals surface area contributed by atoms with Crippen molar-refractivity contribution in [2.24, 2.45) is 17.8 Å². The van der Waals surface area contributed by atoms with Crippen LogP contribution >= 0.6 is 0 Å². The number of benzene rings is 1. The molecule has 1 fully saturated rings. The summed E-state index contributed by atoms with van der Waals surface area (Å²) in [6.07, 6.45) is 15.9. The molecule has 2 heteroatoms. The van der Waals surface area contributed by atoms with Gasteiger partial charge in [0, 0.05) is 0 Å². The Morgan fingerprint density at radius 1 is 1.08 bits per heavy atom. The molecule has 138 valence electrons. The molecule has 1 aromatic rings. The quantitative estimate of drug-likeness (QED) is 0.399. The van der Waals surface area contributed by atoms with Gasteiger partial charge in [0.15, 0.2) is 6.29 Å². The second-order valence-corrected chi connectivity index (χ2v) is 8.10. The van der Waals surface area contributed by atoms with Gasteiger partial charge in [0.05, 0.1) is 0 Å². The van der Waals surface area contributed by atoms with Gasteiger partial charge in [0.1, 0.15) is 12.4 Å². The van der Waals surface area contributed by atoms with E-state index in [1.54, 1.807) is 0 Å². The lowest BCUT2D eigenvalue weighted by Gasteiger charge is -2.32. The van der Waals surface area contributed by atoms with Crippen LogP contribution in [0.5, 0.6) is 5.75 Å². The molecule has 1 saturated carbocycles. The molecule has 3 rings (SSSR count). The first-order valence-corrected chi connectivity index (χ1v) is 10.5. The third-order valence-electron chi connectivity index (χ3n) is 6.51. The fourth-order valence-corrected chi connectivity index (χ4v) is 5.18. The molecule has 0 radical (unpaired) electrons. The van der Waals surface area contributed by atoms with Crippen LogP contribution in [-0.4, -0.2) is 12.9 Å². The third-order valence-corrected chi connectivity index (χ3v) is 6.51. The van der Waals surface area contributed by atoms with Crippen molar-refractivity contribution in [2.75, 3.05) is 6.61 Å². The highest BCUT2D eigenvalue weighted by molar-refractivity contribution is 5.52. The summed E-state index contributed by atoms with van der Waals surface area (Å²) >= 11 is 0. The molecule has 2 aliphatic rings. The Hall–Kier alpha value is -1.31. The summed E-state index contributed by atoms with van der Waals surface area (Å²) in [5.74, 6) is 3.59. The zero-order valence-corrected chi connectivity index (χ0v) is 15.8. The van der Waals surface area contributed by atoms with Gasteiger partial charge in [0.2, 0.25) is 0 Å². The molecule has 0 saturated heterocycles. The van der Waals surface area contributed by atoms with Gasteiger partial charge in [-0.05, 0) is 60.6 Å². The Labute approximate surface area is 153 Å². The molecular weight excluding hydrogens is 308 g/mol. The average molecular weight is 343 g/mol. The predicted octanol–water partition coefficient (Wildman–Crippen LogP) is 5.76. The standard InChI is InChI=1S/C23H34O2/c1-2-3-4-5-6-7-9-18-12-13-20-17-22-19(16-21(18)20)10-8-11-23(22)25-15-14-24/h8,10-11,14,18,20-21H,2-7,9,12-13,15-17H2,1H3/t18?,20-,21?/m1/s1. The van der Waals surface area contributed by atoms with Crippen LogP contribution in [0, 0.1) is 17.8 Å². The van der Waals surface area contributed by atoms with Crippen molar-refractivity contribution in [3.8, 4) is 5.75 Å². The van der Waals surface area contributed by atoms with Crippen LogP contribution in [0.1, 0.15) is 75.8 Å². The lowest BCUT2D eigenvalue weighted by molar-refractivity contribution is -0.109. The Bertz CT molecular complexity index is 551. The highest BCUT2D eigenvalue weighted by Crippen LogP contribution is 2.48. The van der Waals surface area contributed by atoms with Gasteiger partial charge in [-0.2, -0.15) is 0 Å². The van der Waals surface area contributed by atoms with E-state index in [1.165, 1.54) is 75.3 Å². The van der Waals surface area contributed by atoms with E-state index in [0.717, 1.165) is 36.2 Å². The number of hydrogen-bond donors (Lipinski definition) is 0. The van der Waals surface area contributed by atoms with Crippen LogP contribution in [0.3, 0.4) is 0 Å². The normalized spacial score (nSPS) is 24.6. The first kappa shape index (κ1) is 18.5. The smallest absolute Gasteiger partial charge is 0.157 e. The van der Waals surface area contributed by atoms with Crippen LogP contribution < -0.4 is 4.74 Å². The van der Waals surface area contributed by atoms with E-state index >= 15 is 0 Å². The van der Waals surface area contributed by atoms with Gasteiger partial charge >= 0.3 is 0 Å². The molecule has 0 bridgehead atoms. The first-order chi connectivity index (χ1) is 12.3. The summed E-state index contributed by atoms with van der Waals surface area (Å²) < 4.78 is 5.67. The fourth-order valence-electron chi connectivity index (χ4n) is 5.18. The number of rotatable bonds is 10. The highest BCUT2D eigenvalue weighted by Gasteiger charge is 2.39. The number of carbonyl (C=O) groups is 1. The van der Waals surface area contributed by atoms with Crippen molar-refractivity contribution in [1.82, 2.24) is 0 Å². The molecule has 0 spiro atoms. The van der Waals surface area contributed by atoms with Gasteiger partial charge in [-0.1, -0.05) is 64.0 Å². The van der Waals surface area contributed by atoms with Gasteiger partial charge in [-0.3, -0.25) is 4.79 Å². The molecule has 0 aliphatic heterocycles. The fraction of sp³-hybridized carbons (Fsp3) is 0.696. The molecule has 0 heterocycles. The number of aldehydes is 1. The zero-order valence-electron chi connectivity index (χ0n) is 15.8. The highest BCUT2D eigenvalue weighted by atomic mass is 16.5. The topological polar surface area (TPSA) is 26.3 Å². The summed E-state index contributed by atoms with van der Waals surface area (Å²) in [6, 6.07) is 6.40. The third kappa shape index (κ3) is 4.65. The molecular formula is C23H34O2. The van der Waals surface area contributed by atoms with Crippen molar-refractivity contribution in [3.05, 3.63) is 29.3 Å². The second kappa shape index (κ2) is 9.40. The lowest BCUT2D eigenvalue weighted by atomic mass is 9.73. The zero-order chi connectivity index (χ0) is 17.5. The number of hydrogen-bond acceptors (Lipinski definition) is 2. The molecule has 2 unspecified atom stereocenters. The van der Waals surface area contributed by atoms with E-state index in [-0.39, 0.29) is 6.61 Å². The van der Waals surface area contributed by atoms with Crippen LogP contribution in [-0.2, 0) is 17.6 Å². The summed E-state index contributed by atoms with van der Waals surface area (Å²) in [5, 5.41) is 0. The van der Waals surface area contributed by atoms with E-state index in [2.05, 4.69) is 19.1 Å². The minimum Gasteiger partial charge on any atom is -0.486 e. The number of ether oxygens (including phenoxy) is 1. The molecule has 0 N–H and O–H groups in total. The minimum atomic E-state index is 0.172. The Kier molecular flexibility index (Phi) is 6.95. The monoisotopic (exact) mass is 342 g/mol. The van der Waals surface area contributed by atoms with Gasteiger partial charge in [-0.15, -0.1) is 0 Å². The maximum Gasteiger partial charge on any atom is 0.157 e. The molecule has 25 heavy (non-hydrogen) atoms. The van der Waals surface area contributed by atoms with Gasteiger partial charge in [0.25, 0.3) is 0 Å². The maximum atomic E-state index is 10.6. The van der Waals surface area contributed by atoms with Crippen molar-refractivity contribution in [1.29, 1.82) is 0 Å². The molecule has 0 amide bonds. The van der Waals surface area contributed by atoms with Crippen LogP contribution in [0.2, 0.25) is 0 Å². The Balaban J connectivity index is 1.54. The molecule has 2 nitrogen and oxygen atoms in total.